The van der Waals surface area contributed by atoms with Crippen molar-refractivity contribution in [1.82, 2.24) is 15.0 Å². The zero-order valence-electron chi connectivity index (χ0n) is 11.7. The quantitative estimate of drug-likeness (QED) is 0.729. The molecule has 3 rings (SSSR count). The van der Waals surface area contributed by atoms with Gasteiger partial charge in [0.1, 0.15) is 22.5 Å². The van der Waals surface area contributed by atoms with Crippen molar-refractivity contribution in [3.63, 3.8) is 0 Å². The van der Waals surface area contributed by atoms with Gasteiger partial charge in [0.2, 0.25) is 0 Å². The zero-order valence-corrected chi connectivity index (χ0v) is 12.5. The molecule has 110 valence electrons. The molecule has 0 spiro atoms. The van der Waals surface area contributed by atoms with Crippen LogP contribution in [-0.4, -0.2) is 15.0 Å². The van der Waals surface area contributed by atoms with Crippen molar-refractivity contribution in [2.75, 3.05) is 5.32 Å². The lowest BCUT2D eigenvalue weighted by molar-refractivity contribution is 0.628. The van der Waals surface area contributed by atoms with Gasteiger partial charge in [0.25, 0.3) is 0 Å². The van der Waals surface area contributed by atoms with Gasteiger partial charge in [0.05, 0.1) is 0 Å². The summed E-state index contributed by atoms with van der Waals surface area (Å²) in [6.45, 7) is 1.89. The summed E-state index contributed by atoms with van der Waals surface area (Å²) in [7, 11) is 0. The van der Waals surface area contributed by atoms with E-state index < -0.39 is 0 Å². The Morgan fingerprint density at radius 1 is 1.00 bits per heavy atom. The monoisotopic (exact) mass is 314 g/mol. The van der Waals surface area contributed by atoms with Crippen molar-refractivity contribution in [2.24, 2.45) is 0 Å². The molecule has 1 N–H and O–H groups in total. The number of aromatic nitrogens is 3. The number of anilines is 2. The third-order valence-corrected chi connectivity index (χ3v) is 3.12. The van der Waals surface area contributed by atoms with E-state index in [1.807, 2.05) is 25.1 Å². The number of hydrogen-bond acceptors (Lipinski definition) is 4. The molecule has 4 nitrogen and oxygen atoms in total. The summed E-state index contributed by atoms with van der Waals surface area (Å²) in [6, 6.07) is 13.2. The Bertz CT molecular complexity index is 805. The van der Waals surface area contributed by atoms with Crippen LogP contribution in [-0.2, 0) is 0 Å². The average Bonchev–Trinajstić information content (AvgIpc) is 2.49. The maximum Gasteiger partial charge on any atom is 0.181 e. The first-order valence-corrected chi connectivity index (χ1v) is 6.99. The van der Waals surface area contributed by atoms with E-state index in [4.69, 9.17) is 11.6 Å². The summed E-state index contributed by atoms with van der Waals surface area (Å²) in [4.78, 5) is 13.0. The molecule has 1 aromatic carbocycles. The maximum atomic E-state index is 12.9. The Morgan fingerprint density at radius 3 is 2.50 bits per heavy atom. The molecule has 2 aromatic heterocycles. The SMILES string of the molecule is Cc1cccc(-c2nc(Cl)cc(Nc3ccc(F)cc3)n2)n1. The molecule has 0 unspecified atom stereocenters. The normalized spacial score (nSPS) is 10.5. The molecule has 0 fully saturated rings. The van der Waals surface area contributed by atoms with Crippen LogP contribution in [0.3, 0.4) is 0 Å². The Morgan fingerprint density at radius 2 is 1.77 bits per heavy atom. The highest BCUT2D eigenvalue weighted by Crippen LogP contribution is 2.22. The van der Waals surface area contributed by atoms with E-state index >= 15 is 0 Å². The lowest BCUT2D eigenvalue weighted by Crippen LogP contribution is -1.99. The van der Waals surface area contributed by atoms with Crippen molar-refractivity contribution in [3.05, 3.63) is 65.2 Å². The van der Waals surface area contributed by atoms with Crippen molar-refractivity contribution in [2.45, 2.75) is 6.92 Å². The van der Waals surface area contributed by atoms with E-state index in [0.29, 0.717) is 28.2 Å². The van der Waals surface area contributed by atoms with Crippen molar-refractivity contribution < 1.29 is 4.39 Å². The average molecular weight is 315 g/mol. The summed E-state index contributed by atoms with van der Waals surface area (Å²) in [6.07, 6.45) is 0. The Hall–Kier alpha value is -2.53. The Labute approximate surface area is 132 Å². The van der Waals surface area contributed by atoms with E-state index in [2.05, 4.69) is 20.3 Å². The van der Waals surface area contributed by atoms with Gasteiger partial charge in [-0.2, -0.15) is 0 Å². The first-order valence-electron chi connectivity index (χ1n) is 6.61. The van der Waals surface area contributed by atoms with Gasteiger partial charge >= 0.3 is 0 Å². The number of pyridine rings is 1. The molecule has 3 aromatic rings. The summed E-state index contributed by atoms with van der Waals surface area (Å²) in [5.74, 6) is 0.654. The van der Waals surface area contributed by atoms with Gasteiger partial charge in [0.15, 0.2) is 5.82 Å². The van der Waals surface area contributed by atoms with E-state index in [1.165, 1.54) is 12.1 Å². The predicted octanol–water partition coefficient (Wildman–Crippen LogP) is 4.38. The molecule has 0 bridgehead atoms. The van der Waals surface area contributed by atoms with Gasteiger partial charge in [-0.1, -0.05) is 17.7 Å². The van der Waals surface area contributed by atoms with Crippen LogP contribution in [0.25, 0.3) is 11.5 Å². The smallest absolute Gasteiger partial charge is 0.181 e. The zero-order chi connectivity index (χ0) is 15.5. The van der Waals surface area contributed by atoms with Crippen molar-refractivity contribution in [1.29, 1.82) is 0 Å². The topological polar surface area (TPSA) is 50.7 Å². The van der Waals surface area contributed by atoms with Crippen LogP contribution in [0.1, 0.15) is 5.69 Å². The molecule has 0 radical (unpaired) electrons. The molecule has 0 atom stereocenters. The number of hydrogen-bond donors (Lipinski definition) is 1. The molecule has 0 aliphatic heterocycles. The first-order chi connectivity index (χ1) is 10.6. The molecule has 0 amide bonds. The second-order valence-electron chi connectivity index (χ2n) is 4.70. The number of aryl methyl sites for hydroxylation is 1. The number of rotatable bonds is 3. The van der Waals surface area contributed by atoms with Crippen LogP contribution >= 0.6 is 11.6 Å². The lowest BCUT2D eigenvalue weighted by atomic mass is 10.3. The van der Waals surface area contributed by atoms with Crippen LogP contribution in [0.2, 0.25) is 5.15 Å². The fourth-order valence-corrected chi connectivity index (χ4v) is 2.13. The summed E-state index contributed by atoms with van der Waals surface area (Å²) in [5, 5.41) is 3.37. The van der Waals surface area contributed by atoms with Crippen molar-refractivity contribution in [3.8, 4) is 11.5 Å². The number of benzene rings is 1. The minimum absolute atomic E-state index is 0.295. The van der Waals surface area contributed by atoms with Crippen LogP contribution < -0.4 is 5.32 Å². The fourth-order valence-electron chi connectivity index (χ4n) is 1.94. The highest BCUT2D eigenvalue weighted by Gasteiger charge is 2.08. The van der Waals surface area contributed by atoms with E-state index in [9.17, 15) is 4.39 Å². The summed E-state index contributed by atoms with van der Waals surface area (Å²) >= 11 is 6.05. The minimum atomic E-state index is -0.295. The Kier molecular flexibility index (Phi) is 3.98. The van der Waals surface area contributed by atoms with Crippen LogP contribution in [0.5, 0.6) is 0 Å². The lowest BCUT2D eigenvalue weighted by Gasteiger charge is -2.08. The van der Waals surface area contributed by atoms with Gasteiger partial charge in [-0.3, -0.25) is 0 Å². The third-order valence-electron chi connectivity index (χ3n) is 2.93. The maximum absolute atomic E-state index is 12.9. The summed E-state index contributed by atoms with van der Waals surface area (Å²) in [5.41, 5.74) is 2.22. The van der Waals surface area contributed by atoms with Gasteiger partial charge in [-0.15, -0.1) is 0 Å². The third kappa shape index (κ3) is 3.38. The molecular formula is C16H12ClFN4. The molecule has 0 aliphatic carbocycles. The molecule has 0 aliphatic rings. The highest BCUT2D eigenvalue weighted by molar-refractivity contribution is 6.29. The number of nitrogens with zero attached hydrogens (tertiary/aromatic N) is 3. The predicted molar refractivity (Wildman–Crippen MR) is 84.7 cm³/mol. The fraction of sp³-hybridized carbons (Fsp3) is 0.0625. The molecule has 0 saturated carbocycles. The molecular weight excluding hydrogens is 303 g/mol. The Balaban J connectivity index is 1.94. The van der Waals surface area contributed by atoms with Gasteiger partial charge < -0.3 is 5.32 Å². The second kappa shape index (κ2) is 6.07. The van der Waals surface area contributed by atoms with Crippen molar-refractivity contribution >= 4 is 23.1 Å². The number of halogens is 2. The molecule has 0 saturated heterocycles. The molecule has 2 heterocycles. The van der Waals surface area contributed by atoms with E-state index in [1.54, 1.807) is 18.2 Å². The summed E-state index contributed by atoms with van der Waals surface area (Å²) < 4.78 is 12.9. The van der Waals surface area contributed by atoms with Gasteiger partial charge in [0, 0.05) is 17.4 Å². The molecule has 22 heavy (non-hydrogen) atoms. The van der Waals surface area contributed by atoms with E-state index in [0.717, 1.165) is 5.69 Å². The standard InChI is InChI=1S/C16H12ClFN4/c1-10-3-2-4-13(19-10)16-21-14(17)9-15(22-16)20-12-7-5-11(18)6-8-12/h2-9H,1H3,(H,20,21,22). The van der Waals surface area contributed by atoms with Gasteiger partial charge in [-0.25, -0.2) is 19.3 Å². The van der Waals surface area contributed by atoms with Gasteiger partial charge in [-0.05, 0) is 43.3 Å². The second-order valence-corrected chi connectivity index (χ2v) is 5.08. The van der Waals surface area contributed by atoms with Crippen LogP contribution in [0.15, 0.2) is 48.5 Å². The minimum Gasteiger partial charge on any atom is -0.340 e. The largest absolute Gasteiger partial charge is 0.340 e. The van der Waals surface area contributed by atoms with Crippen LogP contribution in [0.4, 0.5) is 15.9 Å². The molecule has 6 heteroatoms. The number of nitrogens with one attached hydrogen (secondary N) is 1. The first kappa shape index (κ1) is 14.4. The van der Waals surface area contributed by atoms with E-state index in [-0.39, 0.29) is 5.82 Å². The highest BCUT2D eigenvalue weighted by atomic mass is 35.5. The van der Waals surface area contributed by atoms with Crippen LogP contribution in [0, 0.1) is 12.7 Å².